The number of carbonyl (C=O) groups excluding carboxylic acids is 1. The van der Waals surface area contributed by atoms with E-state index in [4.69, 9.17) is 9.05 Å². The highest BCUT2D eigenvalue weighted by Gasteiger charge is 2.27. The lowest BCUT2D eigenvalue weighted by Crippen LogP contribution is -2.45. The SMILES string of the molecule is CCCCCC/C=C/C(O)C(COP(=O)(O)OCC[N+](C)(C)C)NC(=O)CCCCCCCCCCCCCCCCCCCCCCCCCCC/C=C\CCCCCCCCCC. The average molecular weight is 940 g/mol. The maximum absolute atomic E-state index is 12.8. The van der Waals surface area contributed by atoms with E-state index >= 15 is 0 Å². The minimum Gasteiger partial charge on any atom is -0.387 e. The molecule has 0 bridgehead atoms. The molecule has 0 aromatic rings. The first-order valence-electron chi connectivity index (χ1n) is 28.2. The molecule has 0 rings (SSSR count). The highest BCUT2D eigenvalue weighted by atomic mass is 31.2. The molecule has 65 heavy (non-hydrogen) atoms. The molecule has 9 heteroatoms. The minimum absolute atomic E-state index is 0.0630. The number of rotatable bonds is 52. The summed E-state index contributed by atoms with van der Waals surface area (Å²) in [6, 6.07) is -0.839. The van der Waals surface area contributed by atoms with Gasteiger partial charge in [-0.15, -0.1) is 0 Å². The second-order valence-corrected chi connectivity index (χ2v) is 22.1. The van der Waals surface area contributed by atoms with E-state index in [0.29, 0.717) is 17.4 Å². The molecule has 0 aromatic heterocycles. The Morgan fingerprint density at radius 1 is 0.508 bits per heavy atom. The van der Waals surface area contributed by atoms with Gasteiger partial charge in [0, 0.05) is 6.42 Å². The molecule has 0 saturated heterocycles. The van der Waals surface area contributed by atoms with Gasteiger partial charge in [-0.05, 0) is 44.9 Å². The van der Waals surface area contributed by atoms with Gasteiger partial charge in [-0.1, -0.05) is 250 Å². The number of quaternary nitrogens is 1. The number of nitrogens with zero attached hydrogens (tertiary/aromatic N) is 1. The third-order valence-electron chi connectivity index (χ3n) is 12.9. The van der Waals surface area contributed by atoms with Gasteiger partial charge in [-0.2, -0.15) is 0 Å². The van der Waals surface area contributed by atoms with E-state index in [1.165, 1.54) is 212 Å². The molecule has 3 atom stereocenters. The Morgan fingerprint density at radius 2 is 0.831 bits per heavy atom. The number of aliphatic hydroxyl groups is 1. The van der Waals surface area contributed by atoms with Gasteiger partial charge in [0.15, 0.2) is 0 Å². The molecule has 3 unspecified atom stereocenters. The summed E-state index contributed by atoms with van der Waals surface area (Å²) >= 11 is 0. The molecule has 386 valence electrons. The lowest BCUT2D eigenvalue weighted by atomic mass is 10.0. The number of nitrogens with one attached hydrogen (secondary N) is 1. The van der Waals surface area contributed by atoms with Crippen LogP contribution in [0.2, 0.25) is 0 Å². The normalized spacial score (nSPS) is 14.1. The van der Waals surface area contributed by atoms with E-state index in [1.54, 1.807) is 6.08 Å². The third kappa shape index (κ3) is 50.7. The van der Waals surface area contributed by atoms with Gasteiger partial charge in [0.05, 0.1) is 39.9 Å². The Labute approximate surface area is 404 Å². The predicted molar refractivity (Wildman–Crippen MR) is 281 cm³/mol. The molecule has 0 aliphatic carbocycles. The predicted octanol–water partition coefficient (Wildman–Crippen LogP) is 16.8. The molecular formula is C56H112N2O6P+. The Morgan fingerprint density at radius 3 is 1.20 bits per heavy atom. The number of phosphoric ester groups is 1. The highest BCUT2D eigenvalue weighted by molar-refractivity contribution is 7.47. The number of amides is 1. The van der Waals surface area contributed by atoms with Gasteiger partial charge >= 0.3 is 7.82 Å². The standard InChI is InChI=1S/C56H111N2O6P/c1-6-8-10-12-14-15-16-17-18-19-20-21-22-23-24-25-26-27-28-29-30-31-32-33-34-35-36-37-38-39-40-41-42-43-44-46-48-50-56(60)57-54(55(59)49-47-45-13-11-9-7-2)53-64-65(61,62)63-52-51-58(3,4)5/h19-20,47,49,54-55,59H,6-18,21-46,48,50-53H2,1-5H3,(H-,57,60,61,62)/p+1/b20-19-,49-47+. The summed E-state index contributed by atoms with van der Waals surface area (Å²) in [7, 11) is 1.58. The molecule has 0 heterocycles. The summed E-state index contributed by atoms with van der Waals surface area (Å²) in [4.78, 5) is 23.0. The maximum atomic E-state index is 12.8. The van der Waals surface area contributed by atoms with Gasteiger partial charge in [0.1, 0.15) is 13.2 Å². The van der Waals surface area contributed by atoms with Crippen molar-refractivity contribution in [2.75, 3.05) is 40.9 Å². The first-order chi connectivity index (χ1) is 31.5. The first-order valence-corrected chi connectivity index (χ1v) is 29.7. The largest absolute Gasteiger partial charge is 0.472 e. The first kappa shape index (κ1) is 64.0. The monoisotopic (exact) mass is 940 g/mol. The zero-order valence-electron chi connectivity index (χ0n) is 44.0. The van der Waals surface area contributed by atoms with Gasteiger partial charge < -0.3 is 19.8 Å². The number of carbonyl (C=O) groups is 1. The van der Waals surface area contributed by atoms with Crippen LogP contribution in [-0.4, -0.2) is 73.4 Å². The van der Waals surface area contributed by atoms with Crippen molar-refractivity contribution >= 4 is 13.7 Å². The summed E-state index contributed by atoms with van der Waals surface area (Å²) in [5, 5.41) is 13.7. The van der Waals surface area contributed by atoms with E-state index in [0.717, 1.165) is 44.9 Å². The fourth-order valence-electron chi connectivity index (χ4n) is 8.45. The molecule has 0 radical (unpaired) electrons. The van der Waals surface area contributed by atoms with Crippen LogP contribution in [0.4, 0.5) is 0 Å². The number of unbranched alkanes of at least 4 members (excludes halogenated alkanes) is 37. The second-order valence-electron chi connectivity index (χ2n) is 20.7. The fourth-order valence-corrected chi connectivity index (χ4v) is 9.19. The van der Waals surface area contributed by atoms with Crippen molar-refractivity contribution < 1.29 is 32.9 Å². The van der Waals surface area contributed by atoms with Crippen LogP contribution < -0.4 is 5.32 Å². The van der Waals surface area contributed by atoms with Crippen molar-refractivity contribution in [3.05, 3.63) is 24.3 Å². The van der Waals surface area contributed by atoms with Gasteiger partial charge in [0.2, 0.25) is 5.91 Å². The molecule has 3 N–H and O–H groups in total. The van der Waals surface area contributed by atoms with Crippen molar-refractivity contribution in [1.29, 1.82) is 0 Å². The topological polar surface area (TPSA) is 105 Å². The molecule has 0 saturated carbocycles. The lowest BCUT2D eigenvalue weighted by molar-refractivity contribution is -0.870. The van der Waals surface area contributed by atoms with Gasteiger partial charge in [0.25, 0.3) is 0 Å². The summed E-state index contributed by atoms with van der Waals surface area (Å²) in [5.41, 5.74) is 0. The molecular weight excluding hydrogens is 828 g/mol. The van der Waals surface area contributed by atoms with Crippen LogP contribution in [0, 0.1) is 0 Å². The van der Waals surface area contributed by atoms with Crippen LogP contribution >= 0.6 is 7.82 Å². The van der Waals surface area contributed by atoms with Crippen molar-refractivity contribution in [2.24, 2.45) is 0 Å². The molecule has 0 aromatic carbocycles. The number of likely N-dealkylation sites (N-methyl/N-ethyl adjacent to an activating group) is 1. The molecule has 0 spiro atoms. The summed E-state index contributed by atoms with van der Waals surface area (Å²) < 4.78 is 23.5. The van der Waals surface area contributed by atoms with Crippen molar-refractivity contribution in [3.8, 4) is 0 Å². The fraction of sp³-hybridized carbons (Fsp3) is 0.911. The summed E-state index contributed by atoms with van der Waals surface area (Å²) in [6.45, 7) is 4.75. The second kappa shape index (κ2) is 48.0. The number of phosphoric acid groups is 1. The Bertz CT molecular complexity index is 1110. The molecule has 0 fully saturated rings. The zero-order chi connectivity index (χ0) is 47.8. The van der Waals surface area contributed by atoms with Crippen LogP contribution in [0.3, 0.4) is 0 Å². The van der Waals surface area contributed by atoms with E-state index in [9.17, 15) is 19.4 Å². The van der Waals surface area contributed by atoms with Gasteiger partial charge in [-0.3, -0.25) is 13.8 Å². The summed E-state index contributed by atoms with van der Waals surface area (Å²) in [6.07, 6.45) is 60.6. The number of allylic oxidation sites excluding steroid dienone is 3. The molecule has 1 amide bonds. The van der Waals surface area contributed by atoms with E-state index < -0.39 is 20.0 Å². The smallest absolute Gasteiger partial charge is 0.387 e. The molecule has 8 nitrogen and oxygen atoms in total. The lowest BCUT2D eigenvalue weighted by Gasteiger charge is -2.25. The van der Waals surface area contributed by atoms with E-state index in [1.807, 2.05) is 27.2 Å². The molecule has 0 aliphatic heterocycles. The van der Waals surface area contributed by atoms with Crippen molar-refractivity contribution in [2.45, 2.75) is 289 Å². The van der Waals surface area contributed by atoms with Crippen LogP contribution in [0.5, 0.6) is 0 Å². The Kier molecular flexibility index (Phi) is 47.3. The number of aliphatic hydroxyl groups excluding tert-OH is 1. The highest BCUT2D eigenvalue weighted by Crippen LogP contribution is 2.43. The van der Waals surface area contributed by atoms with E-state index in [-0.39, 0.29) is 19.1 Å². The van der Waals surface area contributed by atoms with Crippen LogP contribution in [-0.2, 0) is 18.4 Å². The van der Waals surface area contributed by atoms with Crippen molar-refractivity contribution in [1.82, 2.24) is 5.32 Å². The minimum atomic E-state index is -4.32. The van der Waals surface area contributed by atoms with Crippen LogP contribution in [0.1, 0.15) is 277 Å². The van der Waals surface area contributed by atoms with Crippen LogP contribution in [0.25, 0.3) is 0 Å². The maximum Gasteiger partial charge on any atom is 0.472 e. The Hall–Kier alpha value is -1.02. The average Bonchev–Trinajstić information content (AvgIpc) is 3.26. The zero-order valence-corrected chi connectivity index (χ0v) is 44.9. The molecule has 0 aliphatic rings. The summed E-state index contributed by atoms with van der Waals surface area (Å²) in [5.74, 6) is -0.178. The third-order valence-corrected chi connectivity index (χ3v) is 13.9. The van der Waals surface area contributed by atoms with Crippen molar-refractivity contribution in [3.63, 3.8) is 0 Å². The van der Waals surface area contributed by atoms with Gasteiger partial charge in [-0.25, -0.2) is 4.57 Å². The number of hydrogen-bond acceptors (Lipinski definition) is 5. The Balaban J connectivity index is 3.71. The van der Waals surface area contributed by atoms with Crippen LogP contribution in [0.15, 0.2) is 24.3 Å². The quantitative estimate of drug-likeness (QED) is 0.0243. The number of hydrogen-bond donors (Lipinski definition) is 3. The van der Waals surface area contributed by atoms with E-state index in [2.05, 4.69) is 31.3 Å².